The van der Waals surface area contributed by atoms with E-state index in [2.05, 4.69) is 19.1 Å². The Kier molecular flexibility index (Phi) is 7.11. The Morgan fingerprint density at radius 1 is 0.903 bits per heavy atom. The van der Waals surface area contributed by atoms with Gasteiger partial charge in [-0.25, -0.2) is 13.2 Å². The van der Waals surface area contributed by atoms with Crippen molar-refractivity contribution in [1.82, 2.24) is 0 Å². The van der Waals surface area contributed by atoms with E-state index in [0.29, 0.717) is 5.92 Å². The molecule has 2 aromatic rings. The second-order valence-corrected chi connectivity index (χ2v) is 9.73. The third-order valence-corrected chi connectivity index (χ3v) is 7.82. The van der Waals surface area contributed by atoms with E-state index >= 15 is 0 Å². The van der Waals surface area contributed by atoms with Crippen LogP contribution in [0.4, 0.5) is 13.2 Å². The molecular formula is C27H30ClF3. The highest BCUT2D eigenvalue weighted by atomic mass is 35.5. The highest BCUT2D eigenvalue weighted by Gasteiger charge is 2.35. The lowest BCUT2D eigenvalue weighted by Gasteiger charge is -2.42. The highest BCUT2D eigenvalue weighted by Crippen LogP contribution is 2.48. The number of allylic oxidation sites excluding steroid dienone is 2. The summed E-state index contributed by atoms with van der Waals surface area (Å²) in [6.45, 7) is 2.08. The molecule has 2 aliphatic rings. The van der Waals surface area contributed by atoms with Gasteiger partial charge in [0, 0.05) is 5.56 Å². The molecule has 0 spiro atoms. The molecule has 4 rings (SSSR count). The Morgan fingerprint density at radius 3 is 2.32 bits per heavy atom. The summed E-state index contributed by atoms with van der Waals surface area (Å²) in [5, 5.41) is -0.561. The number of hydrogen-bond donors (Lipinski definition) is 0. The number of fused-ring (bicyclic) bond motifs is 1. The summed E-state index contributed by atoms with van der Waals surface area (Å²) in [6, 6.07) is 7.31. The van der Waals surface area contributed by atoms with Gasteiger partial charge in [-0.3, -0.25) is 0 Å². The average molecular weight is 447 g/mol. The summed E-state index contributed by atoms with van der Waals surface area (Å²) in [5.41, 5.74) is 1.38. The van der Waals surface area contributed by atoms with E-state index in [-0.39, 0.29) is 11.1 Å². The monoisotopic (exact) mass is 446 g/mol. The molecule has 31 heavy (non-hydrogen) atoms. The lowest BCUT2D eigenvalue weighted by Crippen LogP contribution is -2.30. The van der Waals surface area contributed by atoms with Gasteiger partial charge in [-0.2, -0.15) is 0 Å². The van der Waals surface area contributed by atoms with Gasteiger partial charge in [-0.05, 0) is 105 Å². The molecule has 0 radical (unpaired) electrons. The Labute approximate surface area is 188 Å². The maximum absolute atomic E-state index is 14.9. The maximum Gasteiger partial charge on any atom is 0.145 e. The zero-order valence-corrected chi connectivity index (χ0v) is 18.8. The number of hydrogen-bond acceptors (Lipinski definition) is 0. The molecule has 0 heterocycles. The van der Waals surface area contributed by atoms with Crippen LogP contribution < -0.4 is 0 Å². The summed E-state index contributed by atoms with van der Waals surface area (Å²) in [7, 11) is 0. The fourth-order valence-electron chi connectivity index (χ4n) is 5.78. The number of benzene rings is 2. The van der Waals surface area contributed by atoms with Gasteiger partial charge in [-0.15, -0.1) is 0 Å². The first-order valence-corrected chi connectivity index (χ1v) is 11.9. The van der Waals surface area contributed by atoms with Crippen LogP contribution in [0.3, 0.4) is 0 Å². The van der Waals surface area contributed by atoms with E-state index in [1.54, 1.807) is 12.1 Å². The van der Waals surface area contributed by atoms with Crippen LogP contribution in [0.1, 0.15) is 69.8 Å². The molecule has 4 unspecified atom stereocenters. The van der Waals surface area contributed by atoms with Gasteiger partial charge in [0.05, 0.1) is 0 Å². The van der Waals surface area contributed by atoms with Crippen molar-refractivity contribution in [1.29, 1.82) is 0 Å². The van der Waals surface area contributed by atoms with Gasteiger partial charge < -0.3 is 0 Å². The minimum absolute atomic E-state index is 0.170. The van der Waals surface area contributed by atoms with Crippen LogP contribution in [0.2, 0.25) is 5.02 Å². The van der Waals surface area contributed by atoms with Crippen molar-refractivity contribution in [3.63, 3.8) is 0 Å². The first kappa shape index (κ1) is 22.5. The second kappa shape index (κ2) is 9.81. The summed E-state index contributed by atoms with van der Waals surface area (Å²) in [5.74, 6) is 0.575. The average Bonchev–Trinajstić information content (AvgIpc) is 2.77. The van der Waals surface area contributed by atoms with Crippen LogP contribution in [0.5, 0.6) is 0 Å². The first-order chi connectivity index (χ1) is 15.0. The van der Waals surface area contributed by atoms with Crippen molar-refractivity contribution in [2.24, 2.45) is 17.8 Å². The predicted octanol–water partition coefficient (Wildman–Crippen LogP) is 9.08. The molecule has 0 N–H and O–H groups in total. The van der Waals surface area contributed by atoms with Crippen molar-refractivity contribution in [3.8, 4) is 11.1 Å². The third kappa shape index (κ3) is 5.03. The van der Waals surface area contributed by atoms with Gasteiger partial charge in [0.1, 0.15) is 22.5 Å². The Bertz CT molecular complexity index is 928. The summed E-state index contributed by atoms with van der Waals surface area (Å²) in [6.07, 6.45) is 14.3. The molecule has 0 nitrogen and oxygen atoms in total. The smallest absolute Gasteiger partial charge is 0.145 e. The molecule has 4 heteroatoms. The molecule has 4 atom stereocenters. The summed E-state index contributed by atoms with van der Waals surface area (Å²) < 4.78 is 42.5. The standard InChI is InChI=1S/C27H30ClF3/c1-2-3-4-5-17-6-7-19-13-20(9-8-18(19)12-17)21-10-11-23(24(29)14-21)22-15-25(30)27(28)26(31)16-22/h2-3,10-11,14-20H,4-9,12-13H2,1H3/b3-2+. The van der Waals surface area contributed by atoms with Crippen LogP contribution in [-0.2, 0) is 0 Å². The molecule has 0 aliphatic heterocycles. The lowest BCUT2D eigenvalue weighted by molar-refractivity contribution is 0.115. The minimum atomic E-state index is -0.875. The van der Waals surface area contributed by atoms with Crippen LogP contribution in [-0.4, -0.2) is 0 Å². The summed E-state index contributed by atoms with van der Waals surface area (Å²) in [4.78, 5) is 0. The lowest BCUT2D eigenvalue weighted by atomic mass is 9.63. The Morgan fingerprint density at radius 2 is 1.61 bits per heavy atom. The van der Waals surface area contributed by atoms with E-state index in [0.717, 1.165) is 48.3 Å². The normalized spacial score (nSPS) is 26.2. The molecule has 2 saturated carbocycles. The van der Waals surface area contributed by atoms with Crippen LogP contribution >= 0.6 is 11.6 Å². The third-order valence-electron chi connectivity index (χ3n) is 7.46. The molecule has 0 saturated heterocycles. The topological polar surface area (TPSA) is 0 Å². The molecule has 0 bridgehead atoms. The van der Waals surface area contributed by atoms with Crippen molar-refractivity contribution >= 4 is 11.6 Å². The van der Waals surface area contributed by atoms with Gasteiger partial charge in [0.25, 0.3) is 0 Å². The van der Waals surface area contributed by atoms with Gasteiger partial charge in [-0.1, -0.05) is 42.3 Å². The largest absolute Gasteiger partial charge is 0.206 e. The van der Waals surface area contributed by atoms with Crippen LogP contribution in [0, 0.1) is 35.2 Å². The first-order valence-electron chi connectivity index (χ1n) is 11.5. The second-order valence-electron chi connectivity index (χ2n) is 9.35. The SMILES string of the molecule is C/C=C/CCC1CCC2CC(c3ccc(-c4cc(F)c(Cl)c(F)c4)c(F)c3)CCC2C1. The fourth-order valence-corrected chi connectivity index (χ4v) is 5.89. The molecule has 0 amide bonds. The highest BCUT2D eigenvalue weighted by molar-refractivity contribution is 6.31. The number of rotatable bonds is 5. The van der Waals surface area contributed by atoms with E-state index in [4.69, 9.17) is 11.6 Å². The molecule has 0 aromatic heterocycles. The van der Waals surface area contributed by atoms with Crippen molar-refractivity contribution < 1.29 is 13.2 Å². The van der Waals surface area contributed by atoms with E-state index in [9.17, 15) is 13.2 Å². The van der Waals surface area contributed by atoms with Crippen molar-refractivity contribution in [2.75, 3.05) is 0 Å². The predicted molar refractivity (Wildman–Crippen MR) is 122 cm³/mol. The minimum Gasteiger partial charge on any atom is -0.206 e. The van der Waals surface area contributed by atoms with Crippen LogP contribution in [0.15, 0.2) is 42.5 Å². The molecular weight excluding hydrogens is 417 g/mol. The zero-order chi connectivity index (χ0) is 22.0. The van der Waals surface area contributed by atoms with Gasteiger partial charge >= 0.3 is 0 Å². The van der Waals surface area contributed by atoms with E-state index in [1.165, 1.54) is 38.5 Å². The molecule has 166 valence electrons. The van der Waals surface area contributed by atoms with Crippen molar-refractivity contribution in [2.45, 2.75) is 64.2 Å². The fraction of sp³-hybridized carbons (Fsp3) is 0.481. The van der Waals surface area contributed by atoms with Crippen molar-refractivity contribution in [3.05, 3.63) is 70.5 Å². The van der Waals surface area contributed by atoms with Gasteiger partial charge in [0.2, 0.25) is 0 Å². The van der Waals surface area contributed by atoms with Crippen LogP contribution in [0.25, 0.3) is 11.1 Å². The van der Waals surface area contributed by atoms with Gasteiger partial charge in [0.15, 0.2) is 0 Å². The Balaban J connectivity index is 1.43. The molecule has 2 fully saturated rings. The molecule has 2 aliphatic carbocycles. The quantitative estimate of drug-likeness (QED) is 0.317. The number of halogens is 4. The van der Waals surface area contributed by atoms with E-state index in [1.807, 2.05) is 6.07 Å². The van der Waals surface area contributed by atoms with E-state index < -0.39 is 22.5 Å². The maximum atomic E-state index is 14.9. The zero-order valence-electron chi connectivity index (χ0n) is 18.0. The molecule has 2 aromatic carbocycles. The summed E-state index contributed by atoms with van der Waals surface area (Å²) >= 11 is 5.55. The Hall–Kier alpha value is -1.74.